The van der Waals surface area contributed by atoms with Crippen molar-refractivity contribution in [3.8, 4) is 5.75 Å². The van der Waals surface area contributed by atoms with Gasteiger partial charge in [-0.05, 0) is 85.3 Å². The van der Waals surface area contributed by atoms with E-state index in [2.05, 4.69) is 4.18 Å². The fourth-order valence-corrected chi connectivity index (χ4v) is 8.10. The Morgan fingerprint density at radius 2 is 1.40 bits per heavy atom. The van der Waals surface area contributed by atoms with Crippen LogP contribution in [0.2, 0.25) is 0 Å². The van der Waals surface area contributed by atoms with E-state index in [1.807, 2.05) is 0 Å². The fourth-order valence-electron chi connectivity index (χ4n) is 7.64. The number of ketones is 1. The molecule has 0 unspecified atom stereocenters. The van der Waals surface area contributed by atoms with Gasteiger partial charge in [-0.1, -0.05) is 46.9 Å². The first kappa shape index (κ1) is 51.3. The van der Waals surface area contributed by atoms with E-state index in [4.69, 9.17) is 0 Å². The maximum Gasteiger partial charge on any atom is 0.534 e. The zero-order chi connectivity index (χ0) is 30.4. The Hall–Kier alpha value is -1.08. The number of benzene rings is 1. The van der Waals surface area contributed by atoms with Crippen molar-refractivity contribution in [2.45, 2.75) is 103 Å². The number of fused-ring (bicyclic) bond motifs is 4. The third kappa shape index (κ3) is 7.87. The number of hydrogen-bond donors (Lipinski definition) is 1. The van der Waals surface area contributed by atoms with Gasteiger partial charge in [-0.2, -0.15) is 97.5 Å². The van der Waals surface area contributed by atoms with Crippen molar-refractivity contribution in [2.24, 2.45) is 17.3 Å². The quantitative estimate of drug-likeness (QED) is 0.187. The Morgan fingerprint density at radius 3 is 1.90 bits per heavy atom. The summed E-state index contributed by atoms with van der Waals surface area (Å²) in [7, 11) is -5.97. The van der Waals surface area contributed by atoms with Crippen LogP contribution in [-0.4, -0.2) is 42.5 Å². The molecule has 2 fully saturated rings. The molecule has 5 atom stereocenters. The zero-order valence-electron chi connectivity index (χ0n) is 23.6. The molecule has 0 saturated heterocycles. The number of aliphatic hydroxyl groups is 1. The highest BCUT2D eigenvalue weighted by Gasteiger charge is 2.79. The number of allylic oxidation sites excluding steroid dienone is 4. The molecule has 0 radical (unpaired) electrons. The van der Waals surface area contributed by atoms with Crippen molar-refractivity contribution >= 4 is 69.9 Å². The first-order chi connectivity index (χ1) is 18.7. The van der Waals surface area contributed by atoms with Crippen molar-refractivity contribution in [1.29, 1.82) is 0 Å². The van der Waals surface area contributed by atoms with Gasteiger partial charge in [0.2, 0.25) is 0 Å². The molecule has 0 bridgehead atoms. The number of rotatable bonds is 4. The number of hydrogen-bond acceptors (Lipinski definition) is 5. The Kier molecular flexibility index (Phi) is 17.6. The summed E-state index contributed by atoms with van der Waals surface area (Å²) in [4.78, 5) is 12.1. The maximum absolute atomic E-state index is 15.0. The van der Waals surface area contributed by atoms with Gasteiger partial charge in [-0.3, -0.25) is 4.79 Å². The Bertz CT molecular complexity index is 1440. The van der Waals surface area contributed by atoms with Crippen molar-refractivity contribution in [3.05, 3.63) is 52.6 Å². The molecule has 282 valence electrons. The highest BCUT2D eigenvalue weighted by molar-refractivity contribution is 7.88. The summed E-state index contributed by atoms with van der Waals surface area (Å²) in [6.07, 6.45) is -4.41. The lowest BCUT2D eigenvalue weighted by atomic mass is 9.50. The van der Waals surface area contributed by atoms with Crippen molar-refractivity contribution in [1.82, 2.24) is 0 Å². The summed E-state index contributed by atoms with van der Waals surface area (Å²) < 4.78 is 136. The monoisotopic (exact) mass is 798 g/mol. The number of carbonyl (C=O) groups is 1. The summed E-state index contributed by atoms with van der Waals surface area (Å²) in [6.45, 7) is 1.24. The highest BCUT2D eigenvalue weighted by atomic mass is 32.2. The average molecular weight is 799 g/mol. The maximum atomic E-state index is 15.0. The van der Waals surface area contributed by atoms with E-state index in [-0.39, 0.29) is 101 Å². The second kappa shape index (κ2) is 16.5. The SMILES string of the molecule is C.C.C.C[C@]12C[C@H](c3ccc(OS(=O)(=O)C(F)(F)F)cc3)C3=C4CCC(=O)C=C4CC[C@H]3[C@@H]1CC[C@@]2(O)C(F)(F)C(F)(F)F.S.S.S.S. The van der Waals surface area contributed by atoms with Crippen molar-refractivity contribution < 1.29 is 57.6 Å². The van der Waals surface area contributed by atoms with E-state index < -0.39 is 68.7 Å². The molecule has 0 spiro atoms. The molecule has 0 amide bonds. The predicted octanol–water partition coefficient (Wildman–Crippen LogP) is 9.10. The second-order valence-corrected chi connectivity index (χ2v) is 13.1. The lowest BCUT2D eigenvalue weighted by Gasteiger charge is -2.56. The molecule has 2 saturated carbocycles. The first-order valence-electron chi connectivity index (χ1n) is 13.0. The molecule has 5 nitrogen and oxygen atoms in total. The minimum atomic E-state index is -6.01. The van der Waals surface area contributed by atoms with Crippen molar-refractivity contribution in [3.63, 3.8) is 0 Å². The van der Waals surface area contributed by atoms with Crippen molar-refractivity contribution in [2.75, 3.05) is 0 Å². The zero-order valence-corrected chi connectivity index (χ0v) is 28.4. The molecule has 1 aromatic rings. The van der Waals surface area contributed by atoms with Gasteiger partial charge in [0.05, 0.1) is 0 Å². The standard InChI is InChI=1S/C27H26F8O5S.3CH4.4H2S/c1-23-13-20(14-2-6-17(7-3-14)40-41(38,39)27(33,34)35)22-18-9-5-16(36)12-15(18)4-8-19(22)21(23)10-11-24(23,37)25(28,29)26(30,31)32;;;;;;;/h2-3,6-7,12,19-21,37H,4-5,8-11,13H2,1H3;3*1H4;4*1H2/t19-,20+,21-,23-,24-;;;;;;;/m0......./s1. The predicted molar refractivity (Wildman–Crippen MR) is 190 cm³/mol. The molecule has 1 N–H and O–H groups in total. The Labute approximate surface area is 305 Å². The van der Waals surface area contributed by atoms with Gasteiger partial charge in [0.25, 0.3) is 0 Å². The molecule has 0 aliphatic heterocycles. The number of alkyl halides is 8. The van der Waals surface area contributed by atoms with E-state index >= 15 is 8.78 Å². The van der Waals surface area contributed by atoms with E-state index in [9.17, 15) is 44.7 Å². The summed E-state index contributed by atoms with van der Waals surface area (Å²) in [5, 5.41) is 11.2. The van der Waals surface area contributed by atoms with Gasteiger partial charge < -0.3 is 9.29 Å². The summed E-state index contributed by atoms with van der Waals surface area (Å²) in [5.41, 5.74) is -8.37. The lowest BCUT2D eigenvalue weighted by molar-refractivity contribution is -0.362. The van der Waals surface area contributed by atoms with Gasteiger partial charge in [0.1, 0.15) is 11.4 Å². The number of halogens is 8. The average Bonchev–Trinajstić information content (AvgIpc) is 3.14. The summed E-state index contributed by atoms with van der Waals surface area (Å²) in [6, 6.07) is 4.37. The molecule has 18 heteroatoms. The normalized spacial score (nSPS) is 27.9. The largest absolute Gasteiger partial charge is 0.534 e. The van der Waals surface area contributed by atoms with Gasteiger partial charge in [0.15, 0.2) is 5.78 Å². The van der Waals surface area contributed by atoms with E-state index in [1.165, 1.54) is 25.1 Å². The van der Waals surface area contributed by atoms with Gasteiger partial charge in [-0.15, -0.1) is 0 Å². The van der Waals surface area contributed by atoms with Crippen LogP contribution in [0.5, 0.6) is 5.75 Å². The Morgan fingerprint density at radius 1 is 0.854 bits per heavy atom. The molecule has 0 aromatic heterocycles. The molecule has 4 aliphatic carbocycles. The lowest BCUT2D eigenvalue weighted by Crippen LogP contribution is -2.65. The smallest absolute Gasteiger partial charge is 0.383 e. The molecule has 48 heavy (non-hydrogen) atoms. The van der Waals surface area contributed by atoms with Gasteiger partial charge in [0, 0.05) is 17.8 Å². The van der Waals surface area contributed by atoms with Crippen LogP contribution in [0.25, 0.3) is 0 Å². The van der Waals surface area contributed by atoms with Crippen LogP contribution in [0.4, 0.5) is 35.1 Å². The second-order valence-electron chi connectivity index (χ2n) is 11.5. The van der Waals surface area contributed by atoms with E-state index in [0.717, 1.165) is 28.9 Å². The molecule has 4 aliphatic rings. The third-order valence-corrected chi connectivity index (χ3v) is 10.5. The highest BCUT2D eigenvalue weighted by Crippen LogP contribution is 2.70. The summed E-state index contributed by atoms with van der Waals surface area (Å²) in [5.74, 6) is -8.23. The van der Waals surface area contributed by atoms with Crippen LogP contribution >= 0.6 is 54.0 Å². The van der Waals surface area contributed by atoms with Crippen LogP contribution in [0, 0.1) is 17.3 Å². The molecular formula is C30H46F8O5S5. The number of carbonyl (C=O) groups excluding carboxylic acids is 1. The van der Waals surface area contributed by atoms with Crippen LogP contribution in [0.3, 0.4) is 0 Å². The molecule has 1 aromatic carbocycles. The van der Waals surface area contributed by atoms with Gasteiger partial charge in [-0.25, -0.2) is 0 Å². The molecule has 5 rings (SSSR count). The van der Waals surface area contributed by atoms with Crippen LogP contribution in [-0.2, 0) is 14.9 Å². The Balaban J connectivity index is -0.00000289. The van der Waals surface area contributed by atoms with Gasteiger partial charge >= 0.3 is 27.7 Å². The fraction of sp³-hybridized carbons (Fsp3) is 0.633. The minimum Gasteiger partial charge on any atom is -0.383 e. The molecular weight excluding hydrogens is 753 g/mol. The van der Waals surface area contributed by atoms with E-state index in [0.29, 0.717) is 24.8 Å². The topological polar surface area (TPSA) is 80.7 Å². The summed E-state index contributed by atoms with van der Waals surface area (Å²) >= 11 is 0. The van der Waals surface area contributed by atoms with E-state index in [1.54, 1.807) is 0 Å². The van der Waals surface area contributed by atoms with Crippen LogP contribution in [0.1, 0.15) is 85.6 Å². The van der Waals surface area contributed by atoms with Crippen LogP contribution in [0.15, 0.2) is 47.1 Å². The minimum absolute atomic E-state index is 0. The third-order valence-electron chi connectivity index (χ3n) is 9.53. The molecule has 0 heterocycles. The van der Waals surface area contributed by atoms with Crippen LogP contribution < -0.4 is 4.18 Å². The first-order valence-corrected chi connectivity index (χ1v) is 14.4.